The van der Waals surface area contributed by atoms with Crippen LogP contribution in [0.15, 0.2) is 24.4 Å². The van der Waals surface area contributed by atoms with Gasteiger partial charge in [-0.25, -0.2) is 0 Å². The fourth-order valence-electron chi connectivity index (χ4n) is 5.08. The second-order valence-electron chi connectivity index (χ2n) is 8.91. The van der Waals surface area contributed by atoms with Crippen LogP contribution in [0.25, 0.3) is 10.9 Å². The molecule has 35 heavy (non-hydrogen) atoms. The maximum atomic E-state index is 13.3. The standard InChI is InChI=1S/C23H21ClF3N7O/c1-13-8-14(21(35)32-6-7-34-19(12-32)30-31-22(34)23(25,26)27)4-5-33(13)20-15(10-28)11-29-18-3-2-16(24)9-17(18)20/h2-3,9,11,13-14H,4-8,12H2,1H3/t13-,14+/m1/s1. The van der Waals surface area contributed by atoms with E-state index in [1.807, 2.05) is 13.0 Å². The molecular weight excluding hydrogens is 483 g/mol. The summed E-state index contributed by atoms with van der Waals surface area (Å²) in [4.78, 5) is 21.3. The molecule has 3 aromatic rings. The number of nitrogens with zero attached hydrogens (tertiary/aromatic N) is 7. The molecule has 2 aliphatic rings. The van der Waals surface area contributed by atoms with E-state index >= 15 is 0 Å². The molecule has 1 fully saturated rings. The molecule has 8 nitrogen and oxygen atoms in total. The van der Waals surface area contributed by atoms with Gasteiger partial charge in [-0.2, -0.15) is 18.4 Å². The molecule has 0 saturated carbocycles. The molecule has 2 aliphatic heterocycles. The number of benzene rings is 1. The van der Waals surface area contributed by atoms with E-state index in [2.05, 4.69) is 26.2 Å². The summed E-state index contributed by atoms with van der Waals surface area (Å²) in [6, 6.07) is 7.51. The minimum Gasteiger partial charge on any atom is -0.367 e. The van der Waals surface area contributed by atoms with Crippen molar-refractivity contribution in [1.82, 2.24) is 24.6 Å². The number of piperidine rings is 1. The van der Waals surface area contributed by atoms with Crippen molar-refractivity contribution in [3.05, 3.63) is 46.6 Å². The second kappa shape index (κ2) is 8.68. The third-order valence-corrected chi connectivity index (χ3v) is 6.99. The Hall–Kier alpha value is -3.39. The van der Waals surface area contributed by atoms with Crippen LogP contribution in [-0.4, -0.2) is 49.7 Å². The Labute approximate surface area is 203 Å². The van der Waals surface area contributed by atoms with Gasteiger partial charge in [0, 0.05) is 48.2 Å². The number of amides is 1. The minimum absolute atomic E-state index is 0.00256. The van der Waals surface area contributed by atoms with Crippen LogP contribution in [0.3, 0.4) is 0 Å². The first-order valence-corrected chi connectivity index (χ1v) is 11.6. The van der Waals surface area contributed by atoms with Gasteiger partial charge in [0.25, 0.3) is 0 Å². The number of aromatic nitrogens is 4. The molecule has 0 unspecified atom stereocenters. The molecule has 12 heteroatoms. The van der Waals surface area contributed by atoms with Gasteiger partial charge in [0.05, 0.1) is 23.3 Å². The van der Waals surface area contributed by atoms with Gasteiger partial charge in [-0.1, -0.05) is 11.6 Å². The van der Waals surface area contributed by atoms with E-state index in [0.29, 0.717) is 30.0 Å². The average molecular weight is 504 g/mol. The normalized spacial score (nSPS) is 20.6. The summed E-state index contributed by atoms with van der Waals surface area (Å²) in [5, 5.41) is 18.0. The molecule has 1 saturated heterocycles. The van der Waals surface area contributed by atoms with E-state index in [1.165, 1.54) is 0 Å². The van der Waals surface area contributed by atoms with Gasteiger partial charge in [-0.3, -0.25) is 9.78 Å². The Morgan fingerprint density at radius 2 is 2.03 bits per heavy atom. The van der Waals surface area contributed by atoms with Crippen molar-refractivity contribution < 1.29 is 18.0 Å². The van der Waals surface area contributed by atoms with E-state index in [4.69, 9.17) is 11.6 Å². The van der Waals surface area contributed by atoms with Crippen molar-refractivity contribution in [2.75, 3.05) is 18.0 Å². The Morgan fingerprint density at radius 3 is 2.74 bits per heavy atom. The molecular formula is C23H21ClF3N7O. The van der Waals surface area contributed by atoms with Gasteiger partial charge in [0.15, 0.2) is 5.82 Å². The number of pyridine rings is 1. The van der Waals surface area contributed by atoms with Crippen molar-refractivity contribution in [3.63, 3.8) is 0 Å². The van der Waals surface area contributed by atoms with Crippen molar-refractivity contribution in [3.8, 4) is 6.07 Å². The summed E-state index contributed by atoms with van der Waals surface area (Å²) < 4.78 is 40.4. The lowest BCUT2D eigenvalue weighted by molar-refractivity contribution is -0.148. The number of carbonyl (C=O) groups excluding carboxylic acids is 1. The molecule has 5 rings (SSSR count). The molecule has 0 spiro atoms. The smallest absolute Gasteiger partial charge is 0.367 e. The van der Waals surface area contributed by atoms with Crippen LogP contribution in [-0.2, 0) is 24.1 Å². The van der Waals surface area contributed by atoms with Crippen LogP contribution in [0.2, 0.25) is 5.02 Å². The van der Waals surface area contributed by atoms with Gasteiger partial charge in [0.2, 0.25) is 11.7 Å². The number of rotatable bonds is 2. The zero-order chi connectivity index (χ0) is 24.9. The predicted octanol–water partition coefficient (Wildman–Crippen LogP) is 4.02. The maximum absolute atomic E-state index is 13.3. The zero-order valence-corrected chi connectivity index (χ0v) is 19.5. The highest BCUT2D eigenvalue weighted by Gasteiger charge is 2.41. The minimum atomic E-state index is -4.58. The molecule has 2 atom stereocenters. The van der Waals surface area contributed by atoms with Crippen molar-refractivity contribution in [1.29, 1.82) is 5.26 Å². The quantitative estimate of drug-likeness (QED) is 0.524. The van der Waals surface area contributed by atoms with E-state index < -0.39 is 12.0 Å². The second-order valence-corrected chi connectivity index (χ2v) is 9.34. The lowest BCUT2D eigenvalue weighted by Crippen LogP contribution is -2.48. The first kappa shape index (κ1) is 23.4. The fourth-order valence-corrected chi connectivity index (χ4v) is 5.26. The number of fused-ring (bicyclic) bond motifs is 2. The number of hydrogen-bond donors (Lipinski definition) is 0. The first-order chi connectivity index (χ1) is 16.7. The molecule has 0 radical (unpaired) electrons. The predicted molar refractivity (Wildman–Crippen MR) is 121 cm³/mol. The summed E-state index contributed by atoms with van der Waals surface area (Å²) in [5.74, 6) is -1.26. The Balaban J connectivity index is 1.34. The molecule has 0 bridgehead atoms. The van der Waals surface area contributed by atoms with Gasteiger partial charge in [-0.15, -0.1) is 10.2 Å². The fraction of sp³-hybridized carbons (Fsp3) is 0.435. The summed E-state index contributed by atoms with van der Waals surface area (Å²) in [7, 11) is 0. The number of nitriles is 1. The Morgan fingerprint density at radius 1 is 1.23 bits per heavy atom. The van der Waals surface area contributed by atoms with E-state index in [1.54, 1.807) is 23.2 Å². The molecule has 0 aliphatic carbocycles. The van der Waals surface area contributed by atoms with Crippen molar-refractivity contribution in [2.24, 2.45) is 5.92 Å². The molecule has 1 aromatic carbocycles. The third kappa shape index (κ3) is 4.16. The zero-order valence-electron chi connectivity index (χ0n) is 18.8. The number of anilines is 1. The maximum Gasteiger partial charge on any atom is 0.451 e. The first-order valence-electron chi connectivity index (χ1n) is 11.2. The SMILES string of the molecule is C[C@@H]1C[C@@H](C(=O)N2CCn3c(nnc3C(F)(F)F)C2)CCN1c1c(C#N)cnc2ccc(Cl)cc12. The number of halogens is 4. The van der Waals surface area contributed by atoms with Crippen LogP contribution in [0, 0.1) is 17.2 Å². The Bertz CT molecular complexity index is 1350. The van der Waals surface area contributed by atoms with Crippen LogP contribution >= 0.6 is 11.6 Å². The Kier molecular flexibility index (Phi) is 5.79. The highest BCUT2D eigenvalue weighted by molar-refractivity contribution is 6.31. The molecule has 182 valence electrons. The number of hydrogen-bond acceptors (Lipinski definition) is 6. The van der Waals surface area contributed by atoms with Crippen LogP contribution in [0.4, 0.5) is 18.9 Å². The van der Waals surface area contributed by atoms with Gasteiger partial charge < -0.3 is 14.4 Å². The molecule has 0 N–H and O–H groups in total. The molecule has 2 aromatic heterocycles. The van der Waals surface area contributed by atoms with E-state index in [0.717, 1.165) is 21.2 Å². The van der Waals surface area contributed by atoms with Gasteiger partial charge in [0.1, 0.15) is 6.07 Å². The van der Waals surface area contributed by atoms with Crippen molar-refractivity contribution in [2.45, 2.75) is 45.1 Å². The molecule has 1 amide bonds. The lowest BCUT2D eigenvalue weighted by atomic mass is 9.89. The molecule has 4 heterocycles. The topological polar surface area (TPSA) is 90.9 Å². The van der Waals surface area contributed by atoms with Gasteiger partial charge in [-0.05, 0) is 38.0 Å². The summed E-state index contributed by atoms with van der Waals surface area (Å²) in [6.07, 6.45) is -1.93. The summed E-state index contributed by atoms with van der Waals surface area (Å²) in [6.45, 7) is 2.72. The van der Waals surface area contributed by atoms with Crippen LogP contribution in [0.5, 0.6) is 0 Å². The lowest BCUT2D eigenvalue weighted by Gasteiger charge is -2.41. The van der Waals surface area contributed by atoms with Crippen LogP contribution in [0.1, 0.15) is 37.0 Å². The van der Waals surface area contributed by atoms with E-state index in [-0.39, 0.29) is 43.3 Å². The largest absolute Gasteiger partial charge is 0.451 e. The van der Waals surface area contributed by atoms with Crippen molar-refractivity contribution >= 4 is 34.1 Å². The highest BCUT2D eigenvalue weighted by atomic mass is 35.5. The monoisotopic (exact) mass is 503 g/mol. The summed E-state index contributed by atoms with van der Waals surface area (Å²) >= 11 is 6.22. The highest BCUT2D eigenvalue weighted by Crippen LogP contribution is 2.37. The van der Waals surface area contributed by atoms with E-state index in [9.17, 15) is 23.2 Å². The van der Waals surface area contributed by atoms with Gasteiger partial charge >= 0.3 is 6.18 Å². The number of carbonyl (C=O) groups is 1. The average Bonchev–Trinajstić information content (AvgIpc) is 3.27. The third-order valence-electron chi connectivity index (χ3n) is 6.75. The van der Waals surface area contributed by atoms with Crippen LogP contribution < -0.4 is 4.90 Å². The number of alkyl halides is 3. The summed E-state index contributed by atoms with van der Waals surface area (Å²) in [5.41, 5.74) is 1.92.